The predicted molar refractivity (Wildman–Crippen MR) is 120 cm³/mol. The number of hydrogen-bond acceptors (Lipinski definition) is 5. The Morgan fingerprint density at radius 3 is 2.66 bits per heavy atom. The Morgan fingerprint density at radius 1 is 1.19 bits per heavy atom. The number of esters is 1. The number of aromatic nitrogens is 2. The molecule has 1 atom stereocenters. The van der Waals surface area contributed by atoms with Crippen LogP contribution in [0.1, 0.15) is 46.2 Å². The molecule has 1 aromatic heterocycles. The van der Waals surface area contributed by atoms with E-state index in [1.807, 2.05) is 4.90 Å². The van der Waals surface area contributed by atoms with Gasteiger partial charge in [0.2, 0.25) is 5.91 Å². The fourth-order valence-corrected chi connectivity index (χ4v) is 4.64. The number of fused-ring (bicyclic) bond motifs is 1. The van der Waals surface area contributed by atoms with Crippen LogP contribution in [-0.2, 0) is 28.9 Å². The molecule has 1 saturated heterocycles. The van der Waals surface area contributed by atoms with Crippen LogP contribution in [0.2, 0.25) is 0 Å². The van der Waals surface area contributed by atoms with Crippen molar-refractivity contribution in [3.05, 3.63) is 46.3 Å². The molecule has 7 nitrogen and oxygen atoms in total. The second kappa shape index (κ2) is 9.30. The smallest absolute Gasteiger partial charge is 0.359 e. The van der Waals surface area contributed by atoms with Crippen LogP contribution >= 0.6 is 0 Å². The Labute approximate surface area is 188 Å². The summed E-state index contributed by atoms with van der Waals surface area (Å²) < 4.78 is 20.7. The molecule has 0 N–H and O–H groups in total. The molecule has 1 unspecified atom stereocenters. The zero-order valence-corrected chi connectivity index (χ0v) is 19.1. The van der Waals surface area contributed by atoms with Gasteiger partial charge in [-0.2, -0.15) is 5.10 Å². The van der Waals surface area contributed by atoms with E-state index in [-0.39, 0.29) is 31.2 Å². The van der Waals surface area contributed by atoms with Crippen molar-refractivity contribution < 1.29 is 18.7 Å². The maximum atomic E-state index is 14.0. The molecule has 32 heavy (non-hydrogen) atoms. The molecule has 2 aromatic rings. The van der Waals surface area contributed by atoms with Crippen LogP contribution < -0.4 is 4.90 Å². The summed E-state index contributed by atoms with van der Waals surface area (Å²) in [4.78, 5) is 29.5. The molecule has 1 fully saturated rings. The van der Waals surface area contributed by atoms with E-state index in [0.717, 1.165) is 18.8 Å². The number of nitrogens with zero attached hydrogens (tertiary/aromatic N) is 4. The molecule has 8 heteroatoms. The van der Waals surface area contributed by atoms with Gasteiger partial charge in [-0.05, 0) is 50.8 Å². The zero-order chi connectivity index (χ0) is 22.8. The van der Waals surface area contributed by atoms with E-state index >= 15 is 0 Å². The van der Waals surface area contributed by atoms with Gasteiger partial charge in [-0.1, -0.05) is 12.1 Å². The average molecular weight is 443 g/mol. The number of amides is 1. The van der Waals surface area contributed by atoms with Gasteiger partial charge >= 0.3 is 5.97 Å². The number of benzene rings is 1. The highest BCUT2D eigenvalue weighted by molar-refractivity contribution is 5.89. The summed E-state index contributed by atoms with van der Waals surface area (Å²) in [6.07, 6.45) is -0.00546. The van der Waals surface area contributed by atoms with Crippen molar-refractivity contribution in [1.29, 1.82) is 0 Å². The highest BCUT2D eigenvalue weighted by Crippen LogP contribution is 2.28. The number of hydrogen-bond donors (Lipinski definition) is 0. The van der Waals surface area contributed by atoms with E-state index in [2.05, 4.69) is 42.0 Å². The first-order chi connectivity index (χ1) is 15.4. The van der Waals surface area contributed by atoms with E-state index in [1.54, 1.807) is 11.6 Å². The number of aryl methyl sites for hydroxylation is 1. The number of carbonyl (C=O) groups is 2. The second-order valence-electron chi connectivity index (χ2n) is 8.58. The van der Waals surface area contributed by atoms with Crippen molar-refractivity contribution in [3.63, 3.8) is 0 Å². The van der Waals surface area contributed by atoms with Crippen LogP contribution in [0.25, 0.3) is 0 Å². The number of anilines is 1. The standard InChI is InChI=1S/C24H31FN4O3/c1-4-32-24(31)23-19-14-18(25)8-9-21(19)29(26-23)15-22(30)28-12-10-27(11-13-28)20-7-5-6-16(2)17(20)3/h5-7,18H,4,8-15H2,1-3H3. The Balaban J connectivity index is 1.45. The Kier molecular flexibility index (Phi) is 6.48. The average Bonchev–Trinajstić information content (AvgIpc) is 3.13. The highest BCUT2D eigenvalue weighted by Gasteiger charge is 2.31. The Morgan fingerprint density at radius 2 is 1.94 bits per heavy atom. The molecular weight excluding hydrogens is 411 g/mol. The minimum atomic E-state index is -0.998. The van der Waals surface area contributed by atoms with Gasteiger partial charge < -0.3 is 14.5 Å². The van der Waals surface area contributed by atoms with Gasteiger partial charge in [0.1, 0.15) is 12.7 Å². The lowest BCUT2D eigenvalue weighted by atomic mass is 9.94. The lowest BCUT2D eigenvalue weighted by Crippen LogP contribution is -2.50. The maximum absolute atomic E-state index is 14.0. The molecule has 1 aliphatic carbocycles. The van der Waals surface area contributed by atoms with Gasteiger partial charge in [-0.15, -0.1) is 0 Å². The van der Waals surface area contributed by atoms with Crippen molar-refractivity contribution in [2.75, 3.05) is 37.7 Å². The van der Waals surface area contributed by atoms with Crippen LogP contribution in [0.15, 0.2) is 18.2 Å². The van der Waals surface area contributed by atoms with Crippen LogP contribution in [-0.4, -0.2) is 65.5 Å². The van der Waals surface area contributed by atoms with E-state index < -0.39 is 12.1 Å². The molecular formula is C24H31FN4O3. The summed E-state index contributed by atoms with van der Waals surface area (Å²) in [5.74, 6) is -0.583. The van der Waals surface area contributed by atoms with E-state index in [1.165, 1.54) is 16.8 Å². The molecule has 0 saturated carbocycles. The normalized spacial score (nSPS) is 18.4. The summed E-state index contributed by atoms with van der Waals surface area (Å²) in [6, 6.07) is 6.31. The fraction of sp³-hybridized carbons (Fsp3) is 0.542. The first kappa shape index (κ1) is 22.3. The van der Waals surface area contributed by atoms with Crippen molar-refractivity contribution in [3.8, 4) is 0 Å². The van der Waals surface area contributed by atoms with Crippen molar-refractivity contribution in [1.82, 2.24) is 14.7 Å². The van der Waals surface area contributed by atoms with E-state index in [0.29, 0.717) is 31.5 Å². The summed E-state index contributed by atoms with van der Waals surface area (Å²) in [5, 5.41) is 4.38. The van der Waals surface area contributed by atoms with E-state index in [9.17, 15) is 14.0 Å². The number of rotatable bonds is 5. The molecule has 0 radical (unpaired) electrons. The minimum absolute atomic E-state index is 0.0336. The van der Waals surface area contributed by atoms with Crippen LogP contribution in [0.4, 0.5) is 10.1 Å². The molecule has 4 rings (SSSR count). The fourth-order valence-electron chi connectivity index (χ4n) is 4.64. The van der Waals surface area contributed by atoms with Gasteiger partial charge in [0.25, 0.3) is 0 Å². The third-order valence-corrected chi connectivity index (χ3v) is 6.59. The molecule has 2 aliphatic rings. The molecule has 1 aromatic carbocycles. The first-order valence-corrected chi connectivity index (χ1v) is 11.4. The summed E-state index contributed by atoms with van der Waals surface area (Å²) in [6.45, 7) is 9.05. The van der Waals surface area contributed by atoms with E-state index in [4.69, 9.17) is 4.74 Å². The van der Waals surface area contributed by atoms with Gasteiger partial charge in [0, 0.05) is 49.5 Å². The second-order valence-corrected chi connectivity index (χ2v) is 8.58. The minimum Gasteiger partial charge on any atom is -0.461 e. The van der Waals surface area contributed by atoms with Gasteiger partial charge in [-0.3, -0.25) is 9.48 Å². The topological polar surface area (TPSA) is 67.7 Å². The van der Waals surface area contributed by atoms with Crippen LogP contribution in [0.3, 0.4) is 0 Å². The quantitative estimate of drug-likeness (QED) is 0.666. The SMILES string of the molecule is CCOC(=O)c1nn(CC(=O)N2CCN(c3cccc(C)c3C)CC2)c2c1CC(F)CC2. The predicted octanol–water partition coefficient (Wildman–Crippen LogP) is 2.85. The number of piperazine rings is 1. The van der Waals surface area contributed by atoms with Crippen molar-refractivity contribution in [2.24, 2.45) is 0 Å². The third kappa shape index (κ3) is 4.36. The molecule has 0 spiro atoms. The molecule has 0 bridgehead atoms. The van der Waals surface area contributed by atoms with Crippen molar-refractivity contribution in [2.45, 2.75) is 52.8 Å². The van der Waals surface area contributed by atoms with Crippen LogP contribution in [0.5, 0.6) is 0 Å². The maximum Gasteiger partial charge on any atom is 0.359 e. The number of carbonyl (C=O) groups excluding carboxylic acids is 2. The van der Waals surface area contributed by atoms with Crippen LogP contribution in [0, 0.1) is 13.8 Å². The Bertz CT molecular complexity index is 1010. The molecule has 1 aliphatic heterocycles. The first-order valence-electron chi connectivity index (χ1n) is 11.4. The monoisotopic (exact) mass is 442 g/mol. The summed E-state index contributed by atoms with van der Waals surface area (Å²) >= 11 is 0. The Hall–Kier alpha value is -2.90. The number of halogens is 1. The van der Waals surface area contributed by atoms with Gasteiger partial charge in [0.15, 0.2) is 5.69 Å². The molecule has 1 amide bonds. The number of alkyl halides is 1. The summed E-state index contributed by atoms with van der Waals surface area (Å²) in [5.41, 5.74) is 5.28. The number of ether oxygens (including phenoxy) is 1. The van der Waals surface area contributed by atoms with Crippen molar-refractivity contribution >= 4 is 17.6 Å². The lowest BCUT2D eigenvalue weighted by Gasteiger charge is -2.37. The van der Waals surface area contributed by atoms with Gasteiger partial charge in [-0.25, -0.2) is 9.18 Å². The molecule has 2 heterocycles. The highest BCUT2D eigenvalue weighted by atomic mass is 19.1. The lowest BCUT2D eigenvalue weighted by molar-refractivity contribution is -0.132. The summed E-state index contributed by atoms with van der Waals surface area (Å²) in [7, 11) is 0. The largest absolute Gasteiger partial charge is 0.461 e. The molecule has 172 valence electrons. The van der Waals surface area contributed by atoms with Gasteiger partial charge in [0.05, 0.1) is 6.61 Å². The third-order valence-electron chi connectivity index (χ3n) is 6.59. The zero-order valence-electron chi connectivity index (χ0n) is 19.1.